The van der Waals surface area contributed by atoms with Gasteiger partial charge < -0.3 is 5.73 Å². The van der Waals surface area contributed by atoms with Gasteiger partial charge in [0.25, 0.3) is 0 Å². The standard InChI is InChI=1S/C12H15N3O2/c1-7-3-11(16)15(12(17)4-7)10-5-8(2)9(13)6-14-10/h5-7H,3-4,13H2,1-2H3. The number of nitrogen functional groups attached to an aromatic ring is 1. The van der Waals surface area contributed by atoms with E-state index in [0.717, 1.165) is 10.5 Å². The lowest BCUT2D eigenvalue weighted by Crippen LogP contribution is -2.43. The zero-order valence-corrected chi connectivity index (χ0v) is 9.93. The number of aryl methyl sites for hydroxylation is 1. The second kappa shape index (κ2) is 4.16. The summed E-state index contributed by atoms with van der Waals surface area (Å²) in [6, 6.07) is 1.67. The quantitative estimate of drug-likeness (QED) is 0.741. The highest BCUT2D eigenvalue weighted by atomic mass is 16.2. The minimum absolute atomic E-state index is 0.112. The smallest absolute Gasteiger partial charge is 0.235 e. The first kappa shape index (κ1) is 11.6. The van der Waals surface area contributed by atoms with Crippen LogP contribution in [0.15, 0.2) is 12.3 Å². The van der Waals surface area contributed by atoms with Crippen LogP contribution in [0.5, 0.6) is 0 Å². The van der Waals surface area contributed by atoms with Gasteiger partial charge in [-0.1, -0.05) is 6.92 Å². The highest BCUT2D eigenvalue weighted by molar-refractivity contribution is 6.16. The van der Waals surface area contributed by atoms with E-state index in [9.17, 15) is 9.59 Å². The Morgan fingerprint density at radius 3 is 2.47 bits per heavy atom. The normalized spacial score (nSPS) is 17.6. The first-order chi connectivity index (χ1) is 7.99. The van der Waals surface area contributed by atoms with Crippen LogP contribution in [0.3, 0.4) is 0 Å². The summed E-state index contributed by atoms with van der Waals surface area (Å²) in [5.74, 6) is 0.107. The van der Waals surface area contributed by atoms with E-state index >= 15 is 0 Å². The first-order valence-corrected chi connectivity index (χ1v) is 5.57. The molecule has 1 aromatic heterocycles. The van der Waals surface area contributed by atoms with Crippen molar-refractivity contribution < 1.29 is 9.59 Å². The van der Waals surface area contributed by atoms with Gasteiger partial charge in [-0.25, -0.2) is 9.88 Å². The largest absolute Gasteiger partial charge is 0.397 e. The van der Waals surface area contributed by atoms with Crippen LogP contribution in [-0.2, 0) is 9.59 Å². The fourth-order valence-electron chi connectivity index (χ4n) is 1.92. The maximum absolute atomic E-state index is 11.8. The van der Waals surface area contributed by atoms with E-state index in [1.165, 1.54) is 6.20 Å². The molecule has 90 valence electrons. The molecule has 1 aliphatic rings. The van der Waals surface area contributed by atoms with E-state index in [1.807, 2.05) is 13.8 Å². The first-order valence-electron chi connectivity index (χ1n) is 5.57. The number of carbonyl (C=O) groups is 2. The van der Waals surface area contributed by atoms with E-state index in [4.69, 9.17) is 5.73 Å². The third-order valence-electron chi connectivity index (χ3n) is 2.91. The molecule has 1 aromatic rings. The maximum atomic E-state index is 11.8. The summed E-state index contributed by atoms with van der Waals surface area (Å²) in [5, 5.41) is 0. The lowest BCUT2D eigenvalue weighted by molar-refractivity contribution is -0.130. The molecule has 2 heterocycles. The second-order valence-corrected chi connectivity index (χ2v) is 4.54. The average molecular weight is 233 g/mol. The number of hydrogen-bond acceptors (Lipinski definition) is 4. The van der Waals surface area contributed by atoms with Crippen LogP contribution in [-0.4, -0.2) is 16.8 Å². The number of carbonyl (C=O) groups excluding carboxylic acids is 2. The Bertz CT molecular complexity index is 467. The molecule has 2 rings (SSSR count). The van der Waals surface area contributed by atoms with Gasteiger partial charge >= 0.3 is 0 Å². The number of aromatic nitrogens is 1. The molecular formula is C12H15N3O2. The lowest BCUT2D eigenvalue weighted by Gasteiger charge is -2.27. The molecule has 2 amide bonds. The number of imide groups is 1. The molecule has 0 unspecified atom stereocenters. The molecule has 0 saturated carbocycles. The van der Waals surface area contributed by atoms with Gasteiger partial charge in [0, 0.05) is 12.8 Å². The number of amides is 2. The third-order valence-corrected chi connectivity index (χ3v) is 2.91. The van der Waals surface area contributed by atoms with Crippen LogP contribution < -0.4 is 10.6 Å². The highest BCUT2D eigenvalue weighted by Gasteiger charge is 2.32. The van der Waals surface area contributed by atoms with E-state index in [1.54, 1.807) is 6.07 Å². The molecule has 2 N–H and O–H groups in total. The van der Waals surface area contributed by atoms with E-state index < -0.39 is 0 Å². The molecule has 0 atom stereocenters. The van der Waals surface area contributed by atoms with Gasteiger partial charge in [0.15, 0.2) is 0 Å². The molecule has 1 fully saturated rings. The molecule has 17 heavy (non-hydrogen) atoms. The summed E-state index contributed by atoms with van der Waals surface area (Å²) in [6.07, 6.45) is 2.25. The van der Waals surface area contributed by atoms with Gasteiger partial charge in [-0.15, -0.1) is 0 Å². The number of anilines is 2. The number of rotatable bonds is 1. The van der Waals surface area contributed by atoms with Crippen LogP contribution >= 0.6 is 0 Å². The fraction of sp³-hybridized carbons (Fsp3) is 0.417. The molecule has 0 aromatic carbocycles. The van der Waals surface area contributed by atoms with E-state index in [-0.39, 0.29) is 17.7 Å². The Morgan fingerprint density at radius 1 is 1.35 bits per heavy atom. The van der Waals surface area contributed by atoms with Crippen LogP contribution in [0.2, 0.25) is 0 Å². The summed E-state index contributed by atoms with van der Waals surface area (Å²) >= 11 is 0. The Kier molecular flexibility index (Phi) is 2.83. The van der Waals surface area contributed by atoms with E-state index in [0.29, 0.717) is 24.3 Å². The molecule has 1 saturated heterocycles. The number of pyridine rings is 1. The lowest BCUT2D eigenvalue weighted by atomic mass is 9.98. The van der Waals surface area contributed by atoms with Crippen molar-refractivity contribution in [2.24, 2.45) is 5.92 Å². The van der Waals surface area contributed by atoms with Crippen LogP contribution in [0.4, 0.5) is 11.5 Å². The summed E-state index contributed by atoms with van der Waals surface area (Å²) in [7, 11) is 0. The number of nitrogens with two attached hydrogens (primary N) is 1. The molecular weight excluding hydrogens is 218 g/mol. The molecule has 0 bridgehead atoms. The summed E-state index contributed by atoms with van der Waals surface area (Å²) in [6.45, 7) is 3.72. The summed E-state index contributed by atoms with van der Waals surface area (Å²) < 4.78 is 0. The Balaban J connectivity index is 2.35. The van der Waals surface area contributed by atoms with Gasteiger partial charge in [-0.05, 0) is 24.5 Å². The second-order valence-electron chi connectivity index (χ2n) is 4.54. The molecule has 5 nitrogen and oxygen atoms in total. The molecule has 0 aliphatic carbocycles. The number of hydrogen-bond donors (Lipinski definition) is 1. The van der Waals surface area contributed by atoms with Crippen molar-refractivity contribution in [2.45, 2.75) is 26.7 Å². The van der Waals surface area contributed by atoms with Crippen molar-refractivity contribution in [3.8, 4) is 0 Å². The van der Waals surface area contributed by atoms with Crippen molar-refractivity contribution in [1.82, 2.24) is 4.98 Å². The van der Waals surface area contributed by atoms with Gasteiger partial charge in [-0.3, -0.25) is 9.59 Å². The van der Waals surface area contributed by atoms with Crippen LogP contribution in [0.1, 0.15) is 25.3 Å². The van der Waals surface area contributed by atoms with Gasteiger partial charge in [0.1, 0.15) is 5.82 Å². The Morgan fingerprint density at radius 2 is 1.94 bits per heavy atom. The molecule has 0 radical (unpaired) electrons. The highest BCUT2D eigenvalue weighted by Crippen LogP contribution is 2.25. The van der Waals surface area contributed by atoms with Crippen molar-refractivity contribution in [3.63, 3.8) is 0 Å². The fourth-order valence-corrected chi connectivity index (χ4v) is 1.92. The average Bonchev–Trinajstić information content (AvgIpc) is 2.21. The molecule has 5 heteroatoms. The van der Waals surface area contributed by atoms with Gasteiger partial charge in [-0.2, -0.15) is 0 Å². The minimum Gasteiger partial charge on any atom is -0.397 e. The number of piperidine rings is 1. The van der Waals surface area contributed by atoms with Crippen molar-refractivity contribution >= 4 is 23.3 Å². The van der Waals surface area contributed by atoms with Crippen LogP contribution in [0, 0.1) is 12.8 Å². The zero-order valence-electron chi connectivity index (χ0n) is 9.93. The molecule has 0 spiro atoms. The van der Waals surface area contributed by atoms with Crippen molar-refractivity contribution in [3.05, 3.63) is 17.8 Å². The predicted molar refractivity (Wildman–Crippen MR) is 64.3 cm³/mol. The number of nitrogens with zero attached hydrogens (tertiary/aromatic N) is 2. The monoisotopic (exact) mass is 233 g/mol. The van der Waals surface area contributed by atoms with E-state index in [2.05, 4.69) is 4.98 Å². The Hall–Kier alpha value is -1.91. The topological polar surface area (TPSA) is 76.3 Å². The van der Waals surface area contributed by atoms with Crippen LogP contribution in [0.25, 0.3) is 0 Å². The van der Waals surface area contributed by atoms with Crippen molar-refractivity contribution in [2.75, 3.05) is 10.6 Å². The predicted octanol–water partition coefficient (Wildman–Crippen LogP) is 1.26. The van der Waals surface area contributed by atoms with Gasteiger partial charge in [0.2, 0.25) is 11.8 Å². The third kappa shape index (κ3) is 2.13. The summed E-state index contributed by atoms with van der Waals surface area (Å²) in [5.41, 5.74) is 7.03. The summed E-state index contributed by atoms with van der Waals surface area (Å²) in [4.78, 5) is 28.9. The van der Waals surface area contributed by atoms with Gasteiger partial charge in [0.05, 0.1) is 11.9 Å². The zero-order chi connectivity index (χ0) is 12.6. The van der Waals surface area contributed by atoms with Crippen molar-refractivity contribution in [1.29, 1.82) is 0 Å². The Labute approximate surface area is 99.6 Å². The molecule has 1 aliphatic heterocycles. The maximum Gasteiger partial charge on any atom is 0.235 e. The SMILES string of the molecule is Cc1cc(N2C(=O)CC(C)CC2=O)ncc1N. The minimum atomic E-state index is -0.189.